The van der Waals surface area contributed by atoms with Crippen molar-refractivity contribution >= 4 is 17.9 Å². The van der Waals surface area contributed by atoms with Gasteiger partial charge in [0.05, 0.1) is 11.5 Å². The molecule has 3 rings (SSSR count). The van der Waals surface area contributed by atoms with E-state index in [2.05, 4.69) is 38.8 Å². The smallest absolute Gasteiger partial charge is 0.328 e. The van der Waals surface area contributed by atoms with Crippen LogP contribution in [0.15, 0.2) is 23.8 Å². The number of allylic oxidation sites excluding steroid dienone is 2. The van der Waals surface area contributed by atoms with E-state index in [9.17, 15) is 14.4 Å². The van der Waals surface area contributed by atoms with E-state index in [1.807, 2.05) is 0 Å². The van der Waals surface area contributed by atoms with Gasteiger partial charge in [0.15, 0.2) is 0 Å². The van der Waals surface area contributed by atoms with Crippen molar-refractivity contribution in [1.82, 2.24) is 4.90 Å². The molecular formula is C23H35NO7. The van der Waals surface area contributed by atoms with Gasteiger partial charge in [0.25, 0.3) is 0 Å². The van der Waals surface area contributed by atoms with Crippen LogP contribution < -0.4 is 0 Å². The van der Waals surface area contributed by atoms with Gasteiger partial charge in [-0.25, -0.2) is 9.59 Å². The van der Waals surface area contributed by atoms with Gasteiger partial charge in [-0.3, -0.25) is 4.79 Å². The molecule has 0 aromatic heterocycles. The van der Waals surface area contributed by atoms with Crippen molar-refractivity contribution in [2.75, 3.05) is 20.1 Å². The van der Waals surface area contributed by atoms with Crippen LogP contribution in [-0.4, -0.2) is 71.0 Å². The van der Waals surface area contributed by atoms with Crippen LogP contribution in [0, 0.1) is 11.8 Å². The molecule has 2 N–H and O–H groups in total. The average molecular weight is 438 g/mol. The Bertz CT molecular complexity index is 715. The van der Waals surface area contributed by atoms with Crippen LogP contribution in [0.5, 0.6) is 0 Å². The first-order valence-electron chi connectivity index (χ1n) is 10.9. The van der Waals surface area contributed by atoms with E-state index in [0.717, 1.165) is 45.2 Å². The Kier molecular flexibility index (Phi) is 8.82. The number of epoxide rings is 1. The van der Waals surface area contributed by atoms with Crippen molar-refractivity contribution in [3.8, 4) is 0 Å². The van der Waals surface area contributed by atoms with E-state index in [-0.39, 0.29) is 35.6 Å². The lowest BCUT2D eigenvalue weighted by Crippen LogP contribution is -2.35. The molecule has 0 unspecified atom stereocenters. The summed E-state index contributed by atoms with van der Waals surface area (Å²) in [5.41, 5.74) is 1.34. The fraction of sp³-hybridized carbons (Fsp3) is 0.696. The second-order valence-electron chi connectivity index (χ2n) is 8.92. The first-order valence-corrected chi connectivity index (χ1v) is 10.9. The van der Waals surface area contributed by atoms with Crippen LogP contribution in [0.25, 0.3) is 0 Å². The van der Waals surface area contributed by atoms with Gasteiger partial charge in [0.1, 0.15) is 12.2 Å². The molecule has 3 aliphatic rings. The minimum absolute atomic E-state index is 0.00257. The highest BCUT2D eigenvalue weighted by atomic mass is 16.6. The van der Waals surface area contributed by atoms with Gasteiger partial charge < -0.3 is 24.6 Å². The van der Waals surface area contributed by atoms with Crippen LogP contribution >= 0.6 is 0 Å². The molecule has 2 aliphatic heterocycles. The molecule has 2 heterocycles. The average Bonchev–Trinajstić information content (AvgIpc) is 3.25. The fourth-order valence-corrected chi connectivity index (χ4v) is 4.50. The number of carboxylic acids is 2. The Morgan fingerprint density at radius 1 is 1.29 bits per heavy atom. The van der Waals surface area contributed by atoms with E-state index in [0.29, 0.717) is 12.2 Å². The second kappa shape index (κ2) is 10.9. The summed E-state index contributed by atoms with van der Waals surface area (Å²) in [7, 11) is 2.10. The van der Waals surface area contributed by atoms with Crippen LogP contribution in [0.2, 0.25) is 0 Å². The molecule has 2 saturated heterocycles. The first kappa shape index (κ1) is 25.1. The number of nitrogens with zero attached hydrogens (tertiary/aromatic N) is 1. The summed E-state index contributed by atoms with van der Waals surface area (Å²) >= 11 is 0. The van der Waals surface area contributed by atoms with Gasteiger partial charge in [-0.05, 0) is 59.5 Å². The monoisotopic (exact) mass is 437 g/mol. The second-order valence-corrected chi connectivity index (χ2v) is 8.92. The maximum absolute atomic E-state index is 12.5. The SMILES string of the molecule is CCCN(C)C[C@@H]1C(=O)O[C@H]2[C@H]1CC/C(C)=C/CC[C@@]1(C)O[C@@H]21.O=C(O)/C=C/C(=O)O. The number of carboxylic acid groups (broad SMARTS) is 2. The Hall–Kier alpha value is -2.19. The van der Waals surface area contributed by atoms with Gasteiger partial charge in [0, 0.05) is 24.6 Å². The molecule has 8 nitrogen and oxygen atoms in total. The molecule has 31 heavy (non-hydrogen) atoms. The highest BCUT2D eigenvalue weighted by molar-refractivity contribution is 5.89. The summed E-state index contributed by atoms with van der Waals surface area (Å²) in [6.07, 6.45) is 8.81. The molecule has 2 fully saturated rings. The first-order chi connectivity index (χ1) is 14.6. The van der Waals surface area contributed by atoms with E-state index in [1.54, 1.807) is 0 Å². The van der Waals surface area contributed by atoms with Gasteiger partial charge in [-0.15, -0.1) is 0 Å². The van der Waals surface area contributed by atoms with Gasteiger partial charge in [-0.2, -0.15) is 0 Å². The predicted molar refractivity (Wildman–Crippen MR) is 115 cm³/mol. The molecule has 0 aromatic carbocycles. The molecule has 0 saturated carbocycles. The van der Waals surface area contributed by atoms with Crippen molar-refractivity contribution in [3.05, 3.63) is 23.8 Å². The number of esters is 1. The molecule has 0 radical (unpaired) electrons. The maximum Gasteiger partial charge on any atom is 0.328 e. The largest absolute Gasteiger partial charge is 0.478 e. The lowest BCUT2D eigenvalue weighted by atomic mass is 9.80. The standard InChI is InChI=1S/C19H31NO3.C4H4O4/c1-5-11-20(4)12-15-14-9-8-13(2)7-6-10-19(3)17(23-19)16(14)22-18(15)21;5-3(6)1-2-4(7)8/h7,14-17H,5-6,8-12H2,1-4H3;1-2H,(H,5,6)(H,7,8)/b13-7+;2-1+/t14-,15-,16-,17-,19+;/m0./s1. The van der Waals surface area contributed by atoms with Gasteiger partial charge >= 0.3 is 17.9 Å². The number of fused-ring (bicyclic) bond motifs is 3. The highest BCUT2D eigenvalue weighted by Crippen LogP contribution is 2.50. The van der Waals surface area contributed by atoms with Crippen LogP contribution in [0.4, 0.5) is 0 Å². The Morgan fingerprint density at radius 3 is 2.52 bits per heavy atom. The van der Waals surface area contributed by atoms with Crippen molar-refractivity contribution in [1.29, 1.82) is 0 Å². The number of carbonyl (C=O) groups excluding carboxylic acids is 1. The molecule has 1 aliphatic carbocycles. The predicted octanol–water partition coefficient (Wildman–Crippen LogP) is 2.88. The normalized spacial score (nSPS) is 34.0. The van der Waals surface area contributed by atoms with Gasteiger partial charge in [-0.1, -0.05) is 18.6 Å². The van der Waals surface area contributed by atoms with Crippen molar-refractivity contribution < 1.29 is 34.1 Å². The fourth-order valence-electron chi connectivity index (χ4n) is 4.50. The zero-order chi connectivity index (χ0) is 23.2. The third-order valence-corrected chi connectivity index (χ3v) is 6.22. The van der Waals surface area contributed by atoms with Crippen molar-refractivity contribution in [3.63, 3.8) is 0 Å². The molecule has 8 heteroatoms. The van der Waals surface area contributed by atoms with Gasteiger partial charge in [0.2, 0.25) is 0 Å². The van der Waals surface area contributed by atoms with E-state index in [4.69, 9.17) is 19.7 Å². The van der Waals surface area contributed by atoms with E-state index >= 15 is 0 Å². The van der Waals surface area contributed by atoms with Crippen LogP contribution in [-0.2, 0) is 23.9 Å². The quantitative estimate of drug-likeness (QED) is 0.282. The summed E-state index contributed by atoms with van der Waals surface area (Å²) in [6, 6.07) is 0. The number of aliphatic carboxylic acids is 2. The van der Waals surface area contributed by atoms with Crippen molar-refractivity contribution in [2.45, 2.75) is 70.7 Å². The molecule has 0 amide bonds. The molecule has 0 spiro atoms. The number of hydrogen-bond donors (Lipinski definition) is 2. The Balaban J connectivity index is 0.000000366. The minimum Gasteiger partial charge on any atom is -0.478 e. The zero-order valence-corrected chi connectivity index (χ0v) is 18.9. The maximum atomic E-state index is 12.5. The third-order valence-electron chi connectivity index (χ3n) is 6.22. The number of ether oxygens (including phenoxy) is 2. The lowest BCUT2D eigenvalue weighted by Gasteiger charge is -2.25. The van der Waals surface area contributed by atoms with Crippen molar-refractivity contribution in [2.24, 2.45) is 11.8 Å². The number of carbonyl (C=O) groups is 3. The topological polar surface area (TPSA) is 117 Å². The van der Waals surface area contributed by atoms with Crippen LogP contribution in [0.1, 0.15) is 52.9 Å². The zero-order valence-electron chi connectivity index (χ0n) is 18.9. The third kappa shape index (κ3) is 7.18. The summed E-state index contributed by atoms with van der Waals surface area (Å²) in [6.45, 7) is 8.38. The molecule has 174 valence electrons. The summed E-state index contributed by atoms with van der Waals surface area (Å²) < 4.78 is 11.8. The Labute approximate surface area is 183 Å². The summed E-state index contributed by atoms with van der Waals surface area (Å²) in [5.74, 6) is -2.24. The number of rotatable bonds is 6. The minimum atomic E-state index is -1.26. The lowest BCUT2D eigenvalue weighted by molar-refractivity contribution is -0.145. The molecule has 5 atom stereocenters. The molecular weight excluding hydrogens is 402 g/mol. The molecule has 0 bridgehead atoms. The van der Waals surface area contributed by atoms with E-state index < -0.39 is 11.9 Å². The number of hydrogen-bond acceptors (Lipinski definition) is 6. The summed E-state index contributed by atoms with van der Waals surface area (Å²) in [4.78, 5) is 33.9. The van der Waals surface area contributed by atoms with E-state index in [1.165, 1.54) is 5.57 Å². The molecule has 0 aromatic rings. The Morgan fingerprint density at radius 2 is 1.94 bits per heavy atom. The van der Waals surface area contributed by atoms with Crippen LogP contribution in [0.3, 0.4) is 0 Å². The summed E-state index contributed by atoms with van der Waals surface area (Å²) in [5, 5.41) is 15.6. The highest BCUT2D eigenvalue weighted by Gasteiger charge is 2.62.